The minimum absolute atomic E-state index is 0.277. The summed E-state index contributed by atoms with van der Waals surface area (Å²) in [6.45, 7) is 5.19. The van der Waals surface area contributed by atoms with E-state index >= 15 is 0 Å². The zero-order valence-corrected chi connectivity index (χ0v) is 13.8. The van der Waals surface area contributed by atoms with Gasteiger partial charge >= 0.3 is 0 Å². The molecule has 1 unspecified atom stereocenters. The standard InChI is InChI=1S/C15H21BrN4/c1-4-12-15(16)14(20(3)19-12)10-13(18-5-2)11-6-8-17-9-7-11/h6-9,13,18H,4-5,10H2,1-3H3. The quantitative estimate of drug-likeness (QED) is 0.881. The molecule has 2 aromatic rings. The van der Waals surface area contributed by atoms with Gasteiger partial charge in [-0.3, -0.25) is 9.67 Å². The summed E-state index contributed by atoms with van der Waals surface area (Å²) < 4.78 is 3.12. The highest BCUT2D eigenvalue weighted by Crippen LogP contribution is 2.26. The van der Waals surface area contributed by atoms with Crippen molar-refractivity contribution in [3.05, 3.63) is 46.0 Å². The van der Waals surface area contributed by atoms with Gasteiger partial charge in [-0.15, -0.1) is 0 Å². The smallest absolute Gasteiger partial charge is 0.0766 e. The predicted molar refractivity (Wildman–Crippen MR) is 84.6 cm³/mol. The predicted octanol–water partition coefficient (Wildman–Crippen LogP) is 3.03. The van der Waals surface area contributed by atoms with Gasteiger partial charge in [0.1, 0.15) is 0 Å². The number of rotatable bonds is 6. The van der Waals surface area contributed by atoms with Crippen LogP contribution in [0.15, 0.2) is 29.0 Å². The molecule has 2 rings (SSSR count). The lowest BCUT2D eigenvalue weighted by atomic mass is 10.0. The third-order valence-electron chi connectivity index (χ3n) is 3.46. The maximum atomic E-state index is 4.57. The Kier molecular flexibility index (Phi) is 5.31. The Bertz CT molecular complexity index is 551. The second kappa shape index (κ2) is 6.99. The average Bonchev–Trinajstić information content (AvgIpc) is 2.75. The molecule has 0 saturated carbocycles. The highest BCUT2D eigenvalue weighted by molar-refractivity contribution is 9.10. The molecular formula is C15H21BrN4. The maximum Gasteiger partial charge on any atom is 0.0766 e. The van der Waals surface area contributed by atoms with Gasteiger partial charge in [0.15, 0.2) is 0 Å². The van der Waals surface area contributed by atoms with Gasteiger partial charge in [-0.2, -0.15) is 5.10 Å². The Hall–Kier alpha value is -1.20. The van der Waals surface area contributed by atoms with Crippen molar-refractivity contribution in [1.29, 1.82) is 0 Å². The fourth-order valence-electron chi connectivity index (χ4n) is 2.38. The summed E-state index contributed by atoms with van der Waals surface area (Å²) in [5.74, 6) is 0. The van der Waals surface area contributed by atoms with Crippen molar-refractivity contribution in [1.82, 2.24) is 20.1 Å². The van der Waals surface area contributed by atoms with E-state index in [1.54, 1.807) is 0 Å². The molecule has 0 aliphatic heterocycles. The van der Waals surface area contributed by atoms with Crippen LogP contribution < -0.4 is 5.32 Å². The fourth-order valence-corrected chi connectivity index (χ4v) is 3.16. The van der Waals surface area contributed by atoms with E-state index in [4.69, 9.17) is 0 Å². The molecule has 0 radical (unpaired) electrons. The first-order valence-electron chi connectivity index (χ1n) is 7.00. The number of nitrogens with one attached hydrogen (secondary N) is 1. The summed E-state index contributed by atoms with van der Waals surface area (Å²) in [5.41, 5.74) is 3.60. The van der Waals surface area contributed by atoms with Gasteiger partial charge in [-0.1, -0.05) is 13.8 Å². The van der Waals surface area contributed by atoms with Crippen LogP contribution in [0.3, 0.4) is 0 Å². The summed E-state index contributed by atoms with van der Waals surface area (Å²) >= 11 is 3.69. The summed E-state index contributed by atoms with van der Waals surface area (Å²) in [7, 11) is 2.01. The first-order valence-corrected chi connectivity index (χ1v) is 7.80. The van der Waals surface area contributed by atoms with Gasteiger partial charge in [0.25, 0.3) is 0 Å². The van der Waals surface area contributed by atoms with Gasteiger partial charge in [0.2, 0.25) is 0 Å². The Balaban J connectivity index is 2.27. The Morgan fingerprint density at radius 1 is 1.30 bits per heavy atom. The molecule has 0 amide bonds. The van der Waals surface area contributed by atoms with Crippen LogP contribution in [0.4, 0.5) is 0 Å². The number of hydrogen-bond donors (Lipinski definition) is 1. The van der Waals surface area contributed by atoms with Crippen LogP contribution in [0.25, 0.3) is 0 Å². The van der Waals surface area contributed by atoms with E-state index in [0.717, 1.165) is 29.6 Å². The van der Waals surface area contributed by atoms with E-state index in [2.05, 4.69) is 57.3 Å². The Morgan fingerprint density at radius 3 is 2.55 bits per heavy atom. The summed E-state index contributed by atoms with van der Waals surface area (Å²) in [6.07, 6.45) is 5.53. The van der Waals surface area contributed by atoms with Crippen LogP contribution in [0.2, 0.25) is 0 Å². The van der Waals surface area contributed by atoms with Gasteiger partial charge in [-0.25, -0.2) is 0 Å². The highest BCUT2D eigenvalue weighted by Gasteiger charge is 2.18. The summed E-state index contributed by atoms with van der Waals surface area (Å²) in [6, 6.07) is 4.41. The lowest BCUT2D eigenvalue weighted by molar-refractivity contribution is 0.527. The normalized spacial score (nSPS) is 12.6. The molecule has 1 N–H and O–H groups in total. The Labute approximate surface area is 128 Å². The molecule has 0 aliphatic rings. The van der Waals surface area contributed by atoms with Crippen molar-refractivity contribution >= 4 is 15.9 Å². The number of halogens is 1. The van der Waals surface area contributed by atoms with Crippen LogP contribution in [0.1, 0.15) is 36.8 Å². The highest BCUT2D eigenvalue weighted by atomic mass is 79.9. The zero-order valence-electron chi connectivity index (χ0n) is 12.2. The third kappa shape index (κ3) is 3.27. The van der Waals surface area contributed by atoms with E-state index in [1.165, 1.54) is 11.3 Å². The number of aryl methyl sites for hydroxylation is 2. The van der Waals surface area contributed by atoms with Crippen molar-refractivity contribution in [3.8, 4) is 0 Å². The van der Waals surface area contributed by atoms with Crippen molar-refractivity contribution < 1.29 is 0 Å². The molecule has 2 heterocycles. The van der Waals surface area contributed by atoms with Crippen LogP contribution in [0, 0.1) is 0 Å². The van der Waals surface area contributed by atoms with E-state index < -0.39 is 0 Å². The molecule has 4 nitrogen and oxygen atoms in total. The Morgan fingerprint density at radius 2 is 2.00 bits per heavy atom. The van der Waals surface area contributed by atoms with Crippen LogP contribution in [-0.4, -0.2) is 21.3 Å². The largest absolute Gasteiger partial charge is 0.310 e. The topological polar surface area (TPSA) is 42.7 Å². The molecule has 108 valence electrons. The lowest BCUT2D eigenvalue weighted by Crippen LogP contribution is -2.24. The average molecular weight is 337 g/mol. The van der Waals surface area contributed by atoms with Crippen molar-refractivity contribution in [2.45, 2.75) is 32.7 Å². The second-order valence-electron chi connectivity index (χ2n) is 4.78. The van der Waals surface area contributed by atoms with E-state index in [0.29, 0.717) is 0 Å². The zero-order chi connectivity index (χ0) is 14.5. The van der Waals surface area contributed by atoms with E-state index in [1.807, 2.05) is 24.1 Å². The second-order valence-corrected chi connectivity index (χ2v) is 5.57. The molecule has 20 heavy (non-hydrogen) atoms. The fraction of sp³-hybridized carbons (Fsp3) is 0.467. The summed E-state index contributed by atoms with van der Waals surface area (Å²) in [4.78, 5) is 4.09. The molecule has 0 saturated heterocycles. The molecular weight excluding hydrogens is 316 g/mol. The van der Waals surface area contributed by atoms with Gasteiger partial charge in [0, 0.05) is 31.9 Å². The van der Waals surface area contributed by atoms with E-state index in [9.17, 15) is 0 Å². The first kappa shape index (κ1) is 15.2. The van der Waals surface area contributed by atoms with Gasteiger partial charge in [-0.05, 0) is 46.6 Å². The molecule has 5 heteroatoms. The lowest BCUT2D eigenvalue weighted by Gasteiger charge is -2.18. The number of pyridine rings is 1. The van der Waals surface area contributed by atoms with Gasteiger partial charge < -0.3 is 5.32 Å². The molecule has 0 bridgehead atoms. The molecule has 1 atom stereocenters. The van der Waals surface area contributed by atoms with Crippen molar-refractivity contribution in [2.24, 2.45) is 7.05 Å². The van der Waals surface area contributed by atoms with Crippen molar-refractivity contribution in [2.75, 3.05) is 6.54 Å². The summed E-state index contributed by atoms with van der Waals surface area (Å²) in [5, 5.41) is 8.10. The molecule has 2 aromatic heterocycles. The number of hydrogen-bond acceptors (Lipinski definition) is 3. The van der Waals surface area contributed by atoms with Crippen LogP contribution in [-0.2, 0) is 19.9 Å². The number of likely N-dealkylation sites (N-methyl/N-ethyl adjacent to an activating group) is 1. The maximum absolute atomic E-state index is 4.57. The molecule has 0 aromatic carbocycles. The van der Waals surface area contributed by atoms with Crippen molar-refractivity contribution in [3.63, 3.8) is 0 Å². The molecule has 0 spiro atoms. The van der Waals surface area contributed by atoms with E-state index in [-0.39, 0.29) is 6.04 Å². The number of nitrogens with zero attached hydrogens (tertiary/aromatic N) is 3. The van der Waals surface area contributed by atoms with Crippen LogP contribution >= 0.6 is 15.9 Å². The first-order chi connectivity index (χ1) is 9.67. The molecule has 0 fully saturated rings. The monoisotopic (exact) mass is 336 g/mol. The number of aromatic nitrogens is 3. The molecule has 0 aliphatic carbocycles. The van der Waals surface area contributed by atoms with Crippen LogP contribution in [0.5, 0.6) is 0 Å². The SMILES string of the molecule is CCNC(Cc1c(Br)c(CC)nn1C)c1ccncc1. The minimum atomic E-state index is 0.277. The van der Waals surface area contributed by atoms with Gasteiger partial charge in [0.05, 0.1) is 15.9 Å². The minimum Gasteiger partial charge on any atom is -0.310 e. The third-order valence-corrected chi connectivity index (χ3v) is 4.37.